The maximum Gasteiger partial charge on any atom is 0.122 e. The molecule has 3 rings (SSSR count). The van der Waals surface area contributed by atoms with Gasteiger partial charge in [0.15, 0.2) is 0 Å². The summed E-state index contributed by atoms with van der Waals surface area (Å²) in [4.78, 5) is 4.01. The largest absolute Gasteiger partial charge is 0.493 e. The first-order valence-corrected chi connectivity index (χ1v) is 6.55. The first-order chi connectivity index (χ1) is 8.83. The second-order valence-corrected chi connectivity index (χ2v) is 5.02. The molecule has 0 spiro atoms. The molecule has 3 heteroatoms. The van der Waals surface area contributed by atoms with E-state index in [4.69, 9.17) is 16.3 Å². The Morgan fingerprint density at radius 3 is 2.89 bits per heavy atom. The van der Waals surface area contributed by atoms with Crippen LogP contribution in [0.3, 0.4) is 0 Å². The number of aromatic nitrogens is 1. The topological polar surface area (TPSA) is 22.1 Å². The van der Waals surface area contributed by atoms with Crippen molar-refractivity contribution < 1.29 is 4.74 Å². The van der Waals surface area contributed by atoms with Crippen molar-refractivity contribution >= 4 is 11.6 Å². The summed E-state index contributed by atoms with van der Waals surface area (Å²) in [5.74, 6) is 1.01. The molecule has 1 unspecified atom stereocenters. The molecule has 2 nitrogen and oxygen atoms in total. The summed E-state index contributed by atoms with van der Waals surface area (Å²) in [6.45, 7) is 0.788. The van der Waals surface area contributed by atoms with Crippen LogP contribution in [0.25, 0.3) is 0 Å². The maximum absolute atomic E-state index is 6.48. The van der Waals surface area contributed by atoms with Crippen LogP contribution in [0.1, 0.15) is 22.1 Å². The maximum atomic E-state index is 6.48. The van der Waals surface area contributed by atoms with E-state index >= 15 is 0 Å². The molecule has 0 bridgehead atoms. The van der Waals surface area contributed by atoms with E-state index in [9.17, 15) is 0 Å². The lowest BCUT2D eigenvalue weighted by atomic mass is 10.0. The van der Waals surface area contributed by atoms with Crippen LogP contribution in [0, 0.1) is 0 Å². The molecule has 18 heavy (non-hydrogen) atoms. The molecule has 0 amide bonds. The van der Waals surface area contributed by atoms with Crippen LogP contribution in [0.5, 0.6) is 5.75 Å². The molecule has 0 fully saturated rings. The minimum Gasteiger partial charge on any atom is -0.493 e. The number of alkyl halides is 1. The van der Waals surface area contributed by atoms with Crippen molar-refractivity contribution in [2.45, 2.75) is 18.2 Å². The molecule has 0 aliphatic carbocycles. The van der Waals surface area contributed by atoms with E-state index in [2.05, 4.69) is 17.1 Å². The van der Waals surface area contributed by atoms with Crippen molar-refractivity contribution in [1.82, 2.24) is 4.98 Å². The Bertz CT molecular complexity index is 541. The van der Waals surface area contributed by atoms with Crippen LogP contribution in [-0.2, 0) is 12.8 Å². The zero-order valence-corrected chi connectivity index (χ0v) is 10.7. The fourth-order valence-electron chi connectivity index (χ4n) is 2.24. The summed E-state index contributed by atoms with van der Waals surface area (Å²) in [5, 5.41) is -0.00157. The van der Waals surface area contributed by atoms with Gasteiger partial charge in [-0.25, -0.2) is 0 Å². The van der Waals surface area contributed by atoms with Crippen LogP contribution >= 0.6 is 11.6 Å². The summed E-state index contributed by atoms with van der Waals surface area (Å²) in [6.07, 6.45) is 5.41. The monoisotopic (exact) mass is 259 g/mol. The van der Waals surface area contributed by atoms with Crippen LogP contribution in [-0.4, -0.2) is 11.6 Å². The number of nitrogens with zero attached hydrogens (tertiary/aromatic N) is 1. The second-order valence-electron chi connectivity index (χ2n) is 4.49. The van der Waals surface area contributed by atoms with Gasteiger partial charge in [0.25, 0.3) is 0 Å². The molecule has 1 aromatic carbocycles. The molecule has 92 valence electrons. The Labute approximate surface area is 112 Å². The van der Waals surface area contributed by atoms with Gasteiger partial charge in [-0.05, 0) is 41.3 Å². The zero-order chi connectivity index (χ0) is 12.4. The standard InChI is InChI=1S/C15H14ClNO/c16-14(9-11-3-6-17-7-4-11)12-1-2-15-13(10-12)5-8-18-15/h1-4,6-7,10,14H,5,8-9H2. The van der Waals surface area contributed by atoms with Crippen molar-refractivity contribution in [3.63, 3.8) is 0 Å². The lowest BCUT2D eigenvalue weighted by Gasteiger charge is -2.11. The summed E-state index contributed by atoms with van der Waals surface area (Å²) in [5.41, 5.74) is 3.65. The van der Waals surface area contributed by atoms with Gasteiger partial charge in [-0.1, -0.05) is 12.1 Å². The van der Waals surface area contributed by atoms with Gasteiger partial charge in [0.2, 0.25) is 0 Å². The summed E-state index contributed by atoms with van der Waals surface area (Å²) >= 11 is 6.48. The van der Waals surface area contributed by atoms with E-state index in [0.717, 1.165) is 30.8 Å². The van der Waals surface area contributed by atoms with Gasteiger partial charge in [-0.3, -0.25) is 4.98 Å². The fourth-order valence-corrected chi connectivity index (χ4v) is 2.56. The van der Waals surface area contributed by atoms with Crippen LogP contribution in [0.2, 0.25) is 0 Å². The first kappa shape index (κ1) is 11.5. The minimum atomic E-state index is -0.00157. The average Bonchev–Trinajstić information content (AvgIpc) is 2.87. The number of halogens is 1. The molecule has 1 aliphatic heterocycles. The number of hydrogen-bond donors (Lipinski definition) is 0. The Morgan fingerprint density at radius 2 is 2.06 bits per heavy atom. The molecule has 1 aromatic heterocycles. The summed E-state index contributed by atoms with van der Waals surface area (Å²) in [7, 11) is 0. The zero-order valence-electron chi connectivity index (χ0n) is 9.97. The number of fused-ring (bicyclic) bond motifs is 1. The van der Waals surface area contributed by atoms with Gasteiger partial charge in [0.05, 0.1) is 12.0 Å². The molecule has 0 saturated heterocycles. The van der Waals surface area contributed by atoms with Crippen LogP contribution in [0.4, 0.5) is 0 Å². The van der Waals surface area contributed by atoms with E-state index in [0.29, 0.717) is 0 Å². The highest BCUT2D eigenvalue weighted by atomic mass is 35.5. The molecule has 1 atom stereocenters. The smallest absolute Gasteiger partial charge is 0.122 e. The number of hydrogen-bond acceptors (Lipinski definition) is 2. The van der Waals surface area contributed by atoms with E-state index in [-0.39, 0.29) is 5.38 Å². The van der Waals surface area contributed by atoms with Crippen molar-refractivity contribution in [2.75, 3.05) is 6.61 Å². The molecular weight excluding hydrogens is 246 g/mol. The average molecular weight is 260 g/mol. The molecule has 0 saturated carbocycles. The van der Waals surface area contributed by atoms with E-state index in [1.54, 1.807) is 12.4 Å². The molecular formula is C15H14ClNO. The van der Waals surface area contributed by atoms with Crippen LogP contribution in [0.15, 0.2) is 42.7 Å². The van der Waals surface area contributed by atoms with Crippen molar-refractivity contribution in [3.05, 3.63) is 59.4 Å². The van der Waals surface area contributed by atoms with E-state index in [1.165, 1.54) is 11.1 Å². The van der Waals surface area contributed by atoms with Crippen molar-refractivity contribution in [3.8, 4) is 5.75 Å². The van der Waals surface area contributed by atoms with E-state index < -0.39 is 0 Å². The fraction of sp³-hybridized carbons (Fsp3) is 0.267. The lowest BCUT2D eigenvalue weighted by Crippen LogP contribution is -1.96. The summed E-state index contributed by atoms with van der Waals surface area (Å²) in [6, 6.07) is 10.3. The Hall–Kier alpha value is -1.54. The number of ether oxygens (including phenoxy) is 1. The second kappa shape index (κ2) is 4.99. The van der Waals surface area contributed by atoms with Gasteiger partial charge < -0.3 is 4.74 Å². The number of rotatable bonds is 3. The quantitative estimate of drug-likeness (QED) is 0.787. The Balaban J connectivity index is 1.78. The van der Waals surface area contributed by atoms with E-state index in [1.807, 2.05) is 18.2 Å². The third-order valence-electron chi connectivity index (χ3n) is 3.24. The predicted molar refractivity (Wildman–Crippen MR) is 72.2 cm³/mol. The predicted octanol–water partition coefficient (Wildman–Crippen LogP) is 3.54. The van der Waals surface area contributed by atoms with Gasteiger partial charge in [-0.2, -0.15) is 0 Å². The molecule has 2 aromatic rings. The number of pyridine rings is 1. The highest BCUT2D eigenvalue weighted by Crippen LogP contribution is 2.31. The first-order valence-electron chi connectivity index (χ1n) is 6.11. The highest BCUT2D eigenvalue weighted by molar-refractivity contribution is 6.20. The highest BCUT2D eigenvalue weighted by Gasteiger charge is 2.15. The minimum absolute atomic E-state index is 0.00157. The SMILES string of the molecule is ClC(Cc1ccncc1)c1ccc2c(c1)CCO2. The summed E-state index contributed by atoms with van der Waals surface area (Å²) < 4.78 is 5.50. The molecule has 0 radical (unpaired) electrons. The Kier molecular flexibility index (Phi) is 3.20. The van der Waals surface area contributed by atoms with Gasteiger partial charge in [0.1, 0.15) is 5.75 Å². The normalized spacial score (nSPS) is 14.9. The lowest BCUT2D eigenvalue weighted by molar-refractivity contribution is 0.357. The van der Waals surface area contributed by atoms with Crippen LogP contribution < -0.4 is 4.74 Å². The van der Waals surface area contributed by atoms with Gasteiger partial charge in [0, 0.05) is 18.8 Å². The molecule has 0 N–H and O–H groups in total. The van der Waals surface area contributed by atoms with Gasteiger partial charge >= 0.3 is 0 Å². The Morgan fingerprint density at radius 1 is 1.22 bits per heavy atom. The van der Waals surface area contributed by atoms with Crippen molar-refractivity contribution in [2.24, 2.45) is 0 Å². The molecule has 1 aliphatic rings. The molecule has 2 heterocycles. The third kappa shape index (κ3) is 2.34. The number of benzene rings is 1. The van der Waals surface area contributed by atoms with Crippen molar-refractivity contribution in [1.29, 1.82) is 0 Å². The third-order valence-corrected chi connectivity index (χ3v) is 3.65. The van der Waals surface area contributed by atoms with Gasteiger partial charge in [-0.15, -0.1) is 11.6 Å².